The summed E-state index contributed by atoms with van der Waals surface area (Å²) >= 11 is 0. The van der Waals surface area contributed by atoms with Crippen LogP contribution in [-0.2, 0) is 11.2 Å². The Balaban J connectivity index is 2.02. The molecule has 0 aromatic heterocycles. The second kappa shape index (κ2) is 5.41. The van der Waals surface area contributed by atoms with Crippen molar-refractivity contribution in [3.05, 3.63) is 35.6 Å². The summed E-state index contributed by atoms with van der Waals surface area (Å²) in [4.78, 5) is 0. The first-order valence-electron chi connectivity index (χ1n) is 5.77. The van der Waals surface area contributed by atoms with Crippen molar-refractivity contribution in [1.29, 1.82) is 0 Å². The largest absolute Gasteiger partial charge is 0.381 e. The van der Waals surface area contributed by atoms with E-state index in [1.807, 2.05) is 6.07 Å². The first-order valence-corrected chi connectivity index (χ1v) is 5.77. The van der Waals surface area contributed by atoms with Crippen LogP contribution in [0.3, 0.4) is 0 Å². The Labute approximate surface area is 95.8 Å². The van der Waals surface area contributed by atoms with Gasteiger partial charge in [-0.1, -0.05) is 12.1 Å². The number of methoxy groups -OCH3 is 1. The van der Waals surface area contributed by atoms with Gasteiger partial charge in [-0.05, 0) is 37.1 Å². The number of halogens is 1. The molecule has 0 saturated carbocycles. The second-order valence-electron chi connectivity index (χ2n) is 4.36. The van der Waals surface area contributed by atoms with E-state index in [2.05, 4.69) is 5.32 Å². The maximum absolute atomic E-state index is 13.1. The van der Waals surface area contributed by atoms with Gasteiger partial charge in [-0.2, -0.15) is 0 Å². The highest BCUT2D eigenvalue weighted by atomic mass is 19.1. The maximum atomic E-state index is 13.1. The van der Waals surface area contributed by atoms with Crippen molar-refractivity contribution in [2.45, 2.75) is 18.9 Å². The quantitative estimate of drug-likeness (QED) is 0.846. The van der Waals surface area contributed by atoms with Crippen LogP contribution in [0.1, 0.15) is 12.0 Å². The second-order valence-corrected chi connectivity index (χ2v) is 4.36. The number of benzene rings is 1. The minimum Gasteiger partial charge on any atom is -0.381 e. The monoisotopic (exact) mass is 223 g/mol. The molecule has 1 heterocycles. The van der Waals surface area contributed by atoms with Gasteiger partial charge in [-0.3, -0.25) is 0 Å². The van der Waals surface area contributed by atoms with Gasteiger partial charge in [0.2, 0.25) is 0 Å². The molecule has 0 amide bonds. The van der Waals surface area contributed by atoms with Crippen LogP contribution in [0.5, 0.6) is 0 Å². The normalized spacial score (nSPS) is 25.6. The summed E-state index contributed by atoms with van der Waals surface area (Å²) in [5, 5.41) is 3.36. The molecule has 1 aliphatic rings. The number of hydrogen-bond donors (Lipinski definition) is 1. The minimum absolute atomic E-state index is 0.157. The van der Waals surface area contributed by atoms with Gasteiger partial charge in [0.1, 0.15) is 5.82 Å². The van der Waals surface area contributed by atoms with Gasteiger partial charge in [-0.25, -0.2) is 4.39 Å². The molecular formula is C13H18FNO. The van der Waals surface area contributed by atoms with E-state index in [0.29, 0.717) is 12.0 Å². The van der Waals surface area contributed by atoms with E-state index in [4.69, 9.17) is 4.74 Å². The highest BCUT2D eigenvalue weighted by Gasteiger charge is 2.24. The van der Waals surface area contributed by atoms with Crippen molar-refractivity contribution in [2.75, 3.05) is 20.2 Å². The fourth-order valence-electron chi connectivity index (χ4n) is 2.38. The molecule has 1 N–H and O–H groups in total. The summed E-state index contributed by atoms with van der Waals surface area (Å²) in [6.07, 6.45) is 2.21. The highest BCUT2D eigenvalue weighted by Crippen LogP contribution is 2.19. The Kier molecular flexibility index (Phi) is 3.91. The van der Waals surface area contributed by atoms with Crippen LogP contribution in [0.15, 0.2) is 24.3 Å². The average molecular weight is 223 g/mol. The predicted molar refractivity (Wildman–Crippen MR) is 61.9 cm³/mol. The van der Waals surface area contributed by atoms with Gasteiger partial charge in [0.15, 0.2) is 0 Å². The standard InChI is InChI=1S/C13H18FNO/c1-16-13-5-6-15-9-11(13)7-10-3-2-4-12(14)8-10/h2-4,8,11,13,15H,5-7,9H2,1H3/t11-,13+/m1/s1. The number of hydrogen-bond acceptors (Lipinski definition) is 2. The fourth-order valence-corrected chi connectivity index (χ4v) is 2.38. The Morgan fingerprint density at radius 2 is 2.38 bits per heavy atom. The first kappa shape index (κ1) is 11.6. The molecule has 88 valence electrons. The topological polar surface area (TPSA) is 21.3 Å². The third-order valence-electron chi connectivity index (χ3n) is 3.23. The molecule has 3 heteroatoms. The van der Waals surface area contributed by atoms with Crippen LogP contribution < -0.4 is 5.32 Å². The third kappa shape index (κ3) is 2.80. The molecule has 1 fully saturated rings. The maximum Gasteiger partial charge on any atom is 0.123 e. The number of ether oxygens (including phenoxy) is 1. The number of rotatable bonds is 3. The lowest BCUT2D eigenvalue weighted by Crippen LogP contribution is -2.41. The van der Waals surface area contributed by atoms with Crippen molar-refractivity contribution in [1.82, 2.24) is 5.32 Å². The van der Waals surface area contributed by atoms with Gasteiger partial charge in [0.05, 0.1) is 6.10 Å². The van der Waals surface area contributed by atoms with Crippen LogP contribution in [0, 0.1) is 11.7 Å². The molecule has 0 aliphatic carbocycles. The molecule has 1 aromatic rings. The highest BCUT2D eigenvalue weighted by molar-refractivity contribution is 5.17. The van der Waals surface area contributed by atoms with E-state index < -0.39 is 0 Å². The molecule has 2 rings (SSSR count). The van der Waals surface area contributed by atoms with E-state index in [1.54, 1.807) is 19.2 Å². The van der Waals surface area contributed by atoms with E-state index >= 15 is 0 Å². The average Bonchev–Trinajstić information content (AvgIpc) is 2.30. The van der Waals surface area contributed by atoms with Crippen molar-refractivity contribution >= 4 is 0 Å². The molecular weight excluding hydrogens is 205 g/mol. The Morgan fingerprint density at radius 1 is 1.50 bits per heavy atom. The van der Waals surface area contributed by atoms with E-state index in [1.165, 1.54) is 6.07 Å². The molecule has 2 atom stereocenters. The van der Waals surface area contributed by atoms with Gasteiger partial charge in [0, 0.05) is 19.6 Å². The number of nitrogens with one attached hydrogen (secondary N) is 1. The summed E-state index contributed by atoms with van der Waals surface area (Å²) in [7, 11) is 1.76. The number of piperidine rings is 1. The summed E-state index contributed by atoms with van der Waals surface area (Å²) in [5.74, 6) is 0.288. The van der Waals surface area contributed by atoms with Gasteiger partial charge in [0.25, 0.3) is 0 Å². The smallest absolute Gasteiger partial charge is 0.123 e. The van der Waals surface area contributed by atoms with Crippen molar-refractivity contribution in [3.8, 4) is 0 Å². The summed E-state index contributed by atoms with van der Waals surface area (Å²) in [6, 6.07) is 6.84. The Bertz CT molecular complexity index is 342. The van der Waals surface area contributed by atoms with Crippen LogP contribution >= 0.6 is 0 Å². The molecule has 0 bridgehead atoms. The molecule has 0 spiro atoms. The van der Waals surface area contributed by atoms with E-state index in [9.17, 15) is 4.39 Å². The molecule has 1 aromatic carbocycles. The Hall–Kier alpha value is -0.930. The lowest BCUT2D eigenvalue weighted by atomic mass is 9.89. The van der Waals surface area contributed by atoms with Gasteiger partial charge in [-0.15, -0.1) is 0 Å². The molecule has 1 saturated heterocycles. The SMILES string of the molecule is CO[C@H]1CCNC[C@H]1Cc1cccc(F)c1. The molecule has 0 radical (unpaired) electrons. The fraction of sp³-hybridized carbons (Fsp3) is 0.538. The summed E-state index contributed by atoms with van der Waals surface area (Å²) < 4.78 is 18.5. The van der Waals surface area contributed by atoms with Crippen LogP contribution in [0.25, 0.3) is 0 Å². The van der Waals surface area contributed by atoms with Crippen LogP contribution in [0.4, 0.5) is 4.39 Å². The zero-order valence-electron chi connectivity index (χ0n) is 9.58. The van der Waals surface area contributed by atoms with E-state index in [-0.39, 0.29) is 5.82 Å². The van der Waals surface area contributed by atoms with Crippen molar-refractivity contribution < 1.29 is 9.13 Å². The lowest BCUT2D eigenvalue weighted by Gasteiger charge is -2.31. The summed E-state index contributed by atoms with van der Waals surface area (Å²) in [6.45, 7) is 1.97. The predicted octanol–water partition coefficient (Wildman–Crippen LogP) is 1.99. The van der Waals surface area contributed by atoms with Crippen LogP contribution in [0.2, 0.25) is 0 Å². The van der Waals surface area contributed by atoms with Crippen molar-refractivity contribution in [3.63, 3.8) is 0 Å². The summed E-state index contributed by atoms with van der Waals surface area (Å²) in [5.41, 5.74) is 1.05. The molecule has 2 nitrogen and oxygen atoms in total. The van der Waals surface area contributed by atoms with Gasteiger partial charge < -0.3 is 10.1 Å². The Morgan fingerprint density at radius 3 is 3.12 bits per heavy atom. The van der Waals surface area contributed by atoms with Gasteiger partial charge >= 0.3 is 0 Å². The zero-order chi connectivity index (χ0) is 11.4. The lowest BCUT2D eigenvalue weighted by molar-refractivity contribution is 0.0311. The van der Waals surface area contributed by atoms with Crippen LogP contribution in [-0.4, -0.2) is 26.3 Å². The van der Waals surface area contributed by atoms with Crippen molar-refractivity contribution in [2.24, 2.45) is 5.92 Å². The van der Waals surface area contributed by atoms with E-state index in [0.717, 1.165) is 31.5 Å². The molecule has 0 unspecified atom stereocenters. The first-order chi connectivity index (χ1) is 7.79. The minimum atomic E-state index is -0.157. The molecule has 16 heavy (non-hydrogen) atoms. The molecule has 1 aliphatic heterocycles. The third-order valence-corrected chi connectivity index (χ3v) is 3.23. The zero-order valence-corrected chi connectivity index (χ0v) is 9.58.